The molecule has 116 valence electrons. The van der Waals surface area contributed by atoms with Gasteiger partial charge in [0.15, 0.2) is 0 Å². The van der Waals surface area contributed by atoms with Gasteiger partial charge >= 0.3 is 0 Å². The Bertz CT molecular complexity index is 761. The molecule has 0 aliphatic carbocycles. The molecule has 0 unspecified atom stereocenters. The van der Waals surface area contributed by atoms with E-state index in [0.29, 0.717) is 5.71 Å². The third kappa shape index (κ3) is 2.66. The summed E-state index contributed by atoms with van der Waals surface area (Å²) in [7, 11) is 2.15. The zero-order chi connectivity index (χ0) is 15.5. The molecule has 0 aliphatic heterocycles. The van der Waals surface area contributed by atoms with Crippen LogP contribution in [-0.2, 0) is 0 Å². The van der Waals surface area contributed by atoms with Crippen molar-refractivity contribution in [3.05, 3.63) is 36.6 Å². The Morgan fingerprint density at radius 3 is 2.55 bits per heavy atom. The van der Waals surface area contributed by atoms with Gasteiger partial charge in [-0.3, -0.25) is 0 Å². The lowest BCUT2D eigenvalue weighted by molar-refractivity contribution is 0.311. The Morgan fingerprint density at radius 1 is 1.00 bits per heavy atom. The van der Waals surface area contributed by atoms with E-state index in [-0.39, 0.29) is 0 Å². The number of aromatic nitrogens is 1. The van der Waals surface area contributed by atoms with Crippen LogP contribution in [0.3, 0.4) is 0 Å². The monoisotopic (exact) mass is 297 g/mol. The van der Waals surface area contributed by atoms with Crippen LogP contribution in [0.1, 0.15) is 13.8 Å². The van der Waals surface area contributed by atoms with Gasteiger partial charge in [0, 0.05) is 25.5 Å². The number of hydrogen-bond acceptors (Lipinski definition) is 4. The molecule has 0 N–H and O–H groups in total. The van der Waals surface area contributed by atoms with Gasteiger partial charge in [0.25, 0.3) is 0 Å². The Hall–Kier alpha value is -2.07. The minimum Gasteiger partial charge on any atom is -0.446 e. The van der Waals surface area contributed by atoms with Crippen LogP contribution in [-0.4, -0.2) is 43.1 Å². The van der Waals surface area contributed by atoms with Crippen LogP contribution in [0.2, 0.25) is 0 Å². The highest BCUT2D eigenvalue weighted by Crippen LogP contribution is 2.33. The van der Waals surface area contributed by atoms with Gasteiger partial charge in [0.2, 0.25) is 5.71 Å². The molecule has 0 saturated carbocycles. The standard InChI is InChI=1S/C18H23N3O/c1-4-21(5-2)12-11-20(3)17-14-8-6-7-9-16(14)19-18-15(17)10-13-22-18/h6-10,13H,4-5,11-12H2,1-3H3. The van der Waals surface area contributed by atoms with Crippen LogP contribution >= 0.6 is 0 Å². The molecule has 0 amide bonds. The number of para-hydroxylation sites is 1. The smallest absolute Gasteiger partial charge is 0.228 e. The lowest BCUT2D eigenvalue weighted by atomic mass is 10.1. The number of fused-ring (bicyclic) bond motifs is 2. The lowest BCUT2D eigenvalue weighted by Gasteiger charge is -2.26. The first kappa shape index (κ1) is 14.9. The minimum atomic E-state index is 0.711. The van der Waals surface area contributed by atoms with Crippen molar-refractivity contribution in [1.29, 1.82) is 0 Å². The van der Waals surface area contributed by atoms with Crippen molar-refractivity contribution in [1.82, 2.24) is 9.88 Å². The summed E-state index contributed by atoms with van der Waals surface area (Å²) in [6.45, 7) is 8.62. The average Bonchev–Trinajstić information content (AvgIpc) is 3.01. The number of anilines is 1. The summed E-state index contributed by atoms with van der Waals surface area (Å²) in [5.41, 5.74) is 2.90. The highest BCUT2D eigenvalue weighted by Gasteiger charge is 2.15. The van der Waals surface area contributed by atoms with E-state index >= 15 is 0 Å². The maximum Gasteiger partial charge on any atom is 0.228 e. The predicted molar refractivity (Wildman–Crippen MR) is 92.6 cm³/mol. The molecule has 0 fully saturated rings. The second-order valence-corrected chi connectivity index (χ2v) is 5.57. The van der Waals surface area contributed by atoms with Crippen LogP contribution in [0, 0.1) is 0 Å². The van der Waals surface area contributed by atoms with E-state index in [4.69, 9.17) is 4.42 Å². The fourth-order valence-electron chi connectivity index (χ4n) is 2.95. The summed E-state index contributed by atoms with van der Waals surface area (Å²) in [6, 6.07) is 10.3. The molecule has 22 heavy (non-hydrogen) atoms. The summed E-state index contributed by atoms with van der Waals surface area (Å²) in [4.78, 5) is 9.36. The van der Waals surface area contributed by atoms with Gasteiger partial charge in [-0.15, -0.1) is 0 Å². The molecule has 0 atom stereocenters. The van der Waals surface area contributed by atoms with E-state index in [2.05, 4.69) is 47.8 Å². The summed E-state index contributed by atoms with van der Waals surface area (Å²) in [5, 5.41) is 2.26. The van der Waals surface area contributed by atoms with Gasteiger partial charge in [-0.1, -0.05) is 32.0 Å². The fourth-order valence-corrected chi connectivity index (χ4v) is 2.95. The number of rotatable bonds is 6. The van der Waals surface area contributed by atoms with Crippen LogP contribution in [0.25, 0.3) is 22.0 Å². The molecule has 1 aromatic carbocycles. The Morgan fingerprint density at radius 2 is 1.77 bits per heavy atom. The number of likely N-dealkylation sites (N-methyl/N-ethyl adjacent to an activating group) is 2. The van der Waals surface area contributed by atoms with Crippen molar-refractivity contribution in [2.45, 2.75) is 13.8 Å². The Balaban J connectivity index is 2.01. The zero-order valence-corrected chi connectivity index (χ0v) is 13.5. The van der Waals surface area contributed by atoms with E-state index in [1.54, 1.807) is 6.26 Å². The second-order valence-electron chi connectivity index (χ2n) is 5.57. The van der Waals surface area contributed by atoms with Crippen LogP contribution < -0.4 is 4.90 Å². The molecule has 0 radical (unpaired) electrons. The number of furan rings is 1. The van der Waals surface area contributed by atoms with Crippen molar-refractivity contribution in [2.75, 3.05) is 38.1 Å². The van der Waals surface area contributed by atoms with E-state index in [1.807, 2.05) is 18.2 Å². The Labute approximate surface area is 131 Å². The predicted octanol–water partition coefficient (Wildman–Crippen LogP) is 3.76. The SMILES string of the molecule is CCN(CC)CCN(C)c1c2ccccc2nc2occc12. The largest absolute Gasteiger partial charge is 0.446 e. The molecule has 4 heteroatoms. The topological polar surface area (TPSA) is 32.5 Å². The number of hydrogen-bond donors (Lipinski definition) is 0. The van der Waals surface area contributed by atoms with E-state index in [9.17, 15) is 0 Å². The highest BCUT2D eigenvalue weighted by molar-refractivity contribution is 6.06. The van der Waals surface area contributed by atoms with Gasteiger partial charge in [0.1, 0.15) is 0 Å². The number of nitrogens with zero attached hydrogens (tertiary/aromatic N) is 3. The van der Waals surface area contributed by atoms with Gasteiger partial charge in [0.05, 0.1) is 22.9 Å². The quantitative estimate of drug-likeness (QED) is 0.693. The van der Waals surface area contributed by atoms with Gasteiger partial charge in [-0.2, -0.15) is 0 Å². The van der Waals surface area contributed by atoms with E-state index in [1.165, 1.54) is 11.1 Å². The van der Waals surface area contributed by atoms with Gasteiger partial charge in [-0.05, 0) is 25.2 Å². The van der Waals surface area contributed by atoms with Crippen molar-refractivity contribution >= 4 is 27.7 Å². The molecule has 0 spiro atoms. The third-order valence-corrected chi connectivity index (χ3v) is 4.31. The third-order valence-electron chi connectivity index (χ3n) is 4.31. The fraction of sp³-hybridized carbons (Fsp3) is 0.389. The number of benzene rings is 1. The van der Waals surface area contributed by atoms with E-state index < -0.39 is 0 Å². The number of pyridine rings is 1. The van der Waals surface area contributed by atoms with Crippen LogP contribution in [0.4, 0.5) is 5.69 Å². The maximum atomic E-state index is 5.54. The zero-order valence-electron chi connectivity index (χ0n) is 13.5. The van der Waals surface area contributed by atoms with Crippen molar-refractivity contribution in [3.63, 3.8) is 0 Å². The van der Waals surface area contributed by atoms with Crippen molar-refractivity contribution in [2.24, 2.45) is 0 Å². The molecule has 0 aliphatic rings. The molecular formula is C18H23N3O. The molecular weight excluding hydrogens is 274 g/mol. The van der Waals surface area contributed by atoms with Crippen LogP contribution in [0.15, 0.2) is 41.0 Å². The first-order chi connectivity index (χ1) is 10.7. The maximum absolute atomic E-state index is 5.54. The normalized spacial score (nSPS) is 11.6. The molecule has 2 heterocycles. The molecule has 3 rings (SSSR count). The summed E-state index contributed by atoms with van der Waals surface area (Å²) >= 11 is 0. The summed E-state index contributed by atoms with van der Waals surface area (Å²) in [5.74, 6) is 0. The molecule has 2 aromatic heterocycles. The molecule has 3 aromatic rings. The average molecular weight is 297 g/mol. The highest BCUT2D eigenvalue weighted by atomic mass is 16.3. The van der Waals surface area contributed by atoms with Crippen molar-refractivity contribution < 1.29 is 4.42 Å². The van der Waals surface area contributed by atoms with Crippen LogP contribution in [0.5, 0.6) is 0 Å². The summed E-state index contributed by atoms with van der Waals surface area (Å²) < 4.78 is 5.54. The minimum absolute atomic E-state index is 0.711. The summed E-state index contributed by atoms with van der Waals surface area (Å²) in [6.07, 6.45) is 1.72. The molecule has 0 saturated heterocycles. The first-order valence-electron chi connectivity index (χ1n) is 7.94. The van der Waals surface area contributed by atoms with Crippen molar-refractivity contribution in [3.8, 4) is 0 Å². The van der Waals surface area contributed by atoms with E-state index in [0.717, 1.165) is 37.1 Å². The van der Waals surface area contributed by atoms with Gasteiger partial charge in [-0.25, -0.2) is 4.98 Å². The molecule has 4 nitrogen and oxygen atoms in total. The second kappa shape index (κ2) is 6.36. The Kier molecular flexibility index (Phi) is 4.29. The lowest BCUT2D eigenvalue weighted by Crippen LogP contribution is -2.33. The van der Waals surface area contributed by atoms with Gasteiger partial charge < -0.3 is 14.2 Å². The molecule has 0 bridgehead atoms. The first-order valence-corrected chi connectivity index (χ1v) is 7.94.